The van der Waals surface area contributed by atoms with Gasteiger partial charge in [0.25, 0.3) is 5.91 Å². The zero-order chi connectivity index (χ0) is 20.7. The number of carbonyl (C=O) groups is 2. The van der Waals surface area contributed by atoms with Gasteiger partial charge in [-0.3, -0.25) is 9.69 Å². The number of cyclic esters (lactones) is 1. The van der Waals surface area contributed by atoms with Crippen LogP contribution in [0.2, 0.25) is 0 Å². The van der Waals surface area contributed by atoms with Crippen molar-refractivity contribution in [2.75, 3.05) is 11.9 Å². The van der Waals surface area contributed by atoms with Gasteiger partial charge in [0.1, 0.15) is 6.10 Å². The number of anilines is 1. The smallest absolute Gasteiger partial charge is 0.339 e. The standard InChI is InChI=1S/C24H18N2O3S/c1-26(24-25-19-9-5-6-10-21(19)30-24)22(27)16-11-12-18-17(13-16)14-20(29-23(18)28)15-7-3-2-4-8-15/h2-13,20H,14H2,1H3/t20-/m0/s1. The van der Waals surface area contributed by atoms with Gasteiger partial charge in [-0.05, 0) is 41.5 Å². The molecule has 3 aromatic carbocycles. The largest absolute Gasteiger partial charge is 0.454 e. The van der Waals surface area contributed by atoms with E-state index in [4.69, 9.17) is 4.74 Å². The van der Waals surface area contributed by atoms with Gasteiger partial charge < -0.3 is 4.74 Å². The van der Waals surface area contributed by atoms with Crippen molar-refractivity contribution in [1.82, 2.24) is 4.98 Å². The lowest BCUT2D eigenvalue weighted by Crippen LogP contribution is -2.27. The quantitative estimate of drug-likeness (QED) is 0.441. The van der Waals surface area contributed by atoms with Crippen molar-refractivity contribution in [3.63, 3.8) is 0 Å². The van der Waals surface area contributed by atoms with Gasteiger partial charge in [-0.2, -0.15) is 0 Å². The number of benzene rings is 3. The molecule has 0 bridgehead atoms. The number of thiazole rings is 1. The summed E-state index contributed by atoms with van der Waals surface area (Å²) in [7, 11) is 1.72. The second-order valence-corrected chi connectivity index (χ2v) is 8.22. The Labute approximate surface area is 177 Å². The van der Waals surface area contributed by atoms with E-state index >= 15 is 0 Å². The lowest BCUT2D eigenvalue weighted by molar-refractivity contribution is 0.0252. The maximum absolute atomic E-state index is 13.1. The number of hydrogen-bond acceptors (Lipinski definition) is 5. The van der Waals surface area contributed by atoms with Crippen LogP contribution in [0.5, 0.6) is 0 Å². The number of hydrogen-bond donors (Lipinski definition) is 0. The summed E-state index contributed by atoms with van der Waals surface area (Å²) in [5, 5.41) is 0.639. The molecule has 0 unspecified atom stereocenters. The molecule has 0 saturated heterocycles. The Balaban J connectivity index is 1.44. The minimum absolute atomic E-state index is 0.160. The van der Waals surface area contributed by atoms with Gasteiger partial charge in [0.15, 0.2) is 5.13 Å². The average Bonchev–Trinajstić information content (AvgIpc) is 3.22. The van der Waals surface area contributed by atoms with E-state index in [1.54, 1.807) is 30.1 Å². The molecule has 0 radical (unpaired) electrons. The Morgan fingerprint density at radius 1 is 1.07 bits per heavy atom. The number of aromatic nitrogens is 1. The van der Waals surface area contributed by atoms with Gasteiger partial charge in [-0.15, -0.1) is 0 Å². The molecular weight excluding hydrogens is 396 g/mol. The van der Waals surface area contributed by atoms with Crippen molar-refractivity contribution >= 4 is 38.6 Å². The van der Waals surface area contributed by atoms with Crippen LogP contribution < -0.4 is 4.90 Å². The fraction of sp³-hybridized carbons (Fsp3) is 0.125. The van der Waals surface area contributed by atoms with Crippen LogP contribution in [0.4, 0.5) is 5.13 Å². The molecule has 1 aromatic heterocycles. The number of amides is 1. The van der Waals surface area contributed by atoms with Crippen LogP contribution in [-0.4, -0.2) is 23.9 Å². The van der Waals surface area contributed by atoms with Crippen molar-refractivity contribution in [2.45, 2.75) is 12.5 Å². The van der Waals surface area contributed by atoms with E-state index in [0.717, 1.165) is 21.3 Å². The van der Waals surface area contributed by atoms with E-state index in [2.05, 4.69) is 4.98 Å². The van der Waals surface area contributed by atoms with Crippen LogP contribution in [0.3, 0.4) is 0 Å². The normalized spacial score (nSPS) is 15.5. The first-order valence-corrected chi connectivity index (χ1v) is 10.4. The van der Waals surface area contributed by atoms with Gasteiger partial charge in [-0.1, -0.05) is 53.8 Å². The highest BCUT2D eigenvalue weighted by molar-refractivity contribution is 7.22. The molecule has 5 rings (SSSR count). The number of fused-ring (bicyclic) bond motifs is 2. The summed E-state index contributed by atoms with van der Waals surface area (Å²) in [4.78, 5) is 31.7. The summed E-state index contributed by atoms with van der Waals surface area (Å²) < 4.78 is 6.64. The monoisotopic (exact) mass is 414 g/mol. The molecule has 0 aliphatic carbocycles. The third kappa shape index (κ3) is 3.25. The predicted octanol–water partition coefficient (Wildman–Crippen LogP) is 5.03. The molecule has 1 amide bonds. The van der Waals surface area contributed by atoms with Crippen LogP contribution in [-0.2, 0) is 11.2 Å². The Morgan fingerprint density at radius 2 is 1.83 bits per heavy atom. The Kier molecular flexibility index (Phi) is 4.56. The average molecular weight is 414 g/mol. The van der Waals surface area contributed by atoms with Crippen LogP contribution in [0.15, 0.2) is 72.8 Å². The molecular formula is C24H18N2O3S. The van der Waals surface area contributed by atoms with Crippen molar-refractivity contribution in [3.8, 4) is 0 Å². The number of nitrogens with zero attached hydrogens (tertiary/aromatic N) is 2. The third-order valence-electron chi connectivity index (χ3n) is 5.27. The Bertz CT molecular complexity index is 1230. The SMILES string of the molecule is CN(C(=O)c1ccc2c(c1)C[C@@H](c1ccccc1)OC2=O)c1nc2ccccc2s1. The fourth-order valence-corrected chi connectivity index (χ4v) is 4.59. The molecule has 0 N–H and O–H groups in total. The van der Waals surface area contributed by atoms with Crippen LogP contribution in [0, 0.1) is 0 Å². The maximum Gasteiger partial charge on any atom is 0.339 e. The number of para-hydroxylation sites is 1. The molecule has 4 aromatic rings. The highest BCUT2D eigenvalue weighted by Crippen LogP contribution is 2.32. The van der Waals surface area contributed by atoms with Crippen molar-refractivity contribution < 1.29 is 14.3 Å². The molecule has 2 heterocycles. The first-order chi connectivity index (χ1) is 14.6. The first-order valence-electron chi connectivity index (χ1n) is 9.62. The van der Waals surface area contributed by atoms with Gasteiger partial charge in [-0.25, -0.2) is 9.78 Å². The van der Waals surface area contributed by atoms with Gasteiger partial charge in [0, 0.05) is 19.0 Å². The molecule has 0 spiro atoms. The lowest BCUT2D eigenvalue weighted by Gasteiger charge is -2.25. The molecule has 30 heavy (non-hydrogen) atoms. The van der Waals surface area contributed by atoms with E-state index in [1.807, 2.05) is 54.6 Å². The van der Waals surface area contributed by atoms with Crippen molar-refractivity contribution in [3.05, 3.63) is 95.1 Å². The zero-order valence-corrected chi connectivity index (χ0v) is 17.1. The van der Waals surface area contributed by atoms with E-state index in [1.165, 1.54) is 11.3 Å². The summed E-state index contributed by atoms with van der Waals surface area (Å²) in [5.74, 6) is -0.518. The number of carbonyl (C=O) groups excluding carboxylic acids is 2. The molecule has 1 aliphatic rings. The molecule has 0 saturated carbocycles. The maximum atomic E-state index is 13.1. The van der Waals surface area contributed by atoms with Gasteiger partial charge in [0.2, 0.25) is 0 Å². The topological polar surface area (TPSA) is 59.5 Å². The fourth-order valence-electron chi connectivity index (χ4n) is 3.67. The highest BCUT2D eigenvalue weighted by atomic mass is 32.1. The molecule has 0 fully saturated rings. The van der Waals surface area contributed by atoms with Crippen LogP contribution in [0.25, 0.3) is 10.2 Å². The minimum Gasteiger partial charge on any atom is -0.454 e. The van der Waals surface area contributed by atoms with E-state index in [0.29, 0.717) is 22.7 Å². The van der Waals surface area contributed by atoms with E-state index in [-0.39, 0.29) is 18.0 Å². The summed E-state index contributed by atoms with van der Waals surface area (Å²) in [5.41, 5.74) is 3.68. The molecule has 1 atom stereocenters. The molecule has 6 heteroatoms. The predicted molar refractivity (Wildman–Crippen MR) is 117 cm³/mol. The summed E-state index contributed by atoms with van der Waals surface area (Å²) in [6.07, 6.45) is 0.190. The van der Waals surface area contributed by atoms with Gasteiger partial charge >= 0.3 is 5.97 Å². The third-order valence-corrected chi connectivity index (χ3v) is 6.39. The van der Waals surface area contributed by atoms with Crippen LogP contribution >= 0.6 is 11.3 Å². The summed E-state index contributed by atoms with van der Waals surface area (Å²) in [6.45, 7) is 0. The lowest BCUT2D eigenvalue weighted by atomic mass is 9.93. The second-order valence-electron chi connectivity index (χ2n) is 7.21. The van der Waals surface area contributed by atoms with E-state index < -0.39 is 0 Å². The summed E-state index contributed by atoms with van der Waals surface area (Å²) in [6, 6.07) is 22.6. The van der Waals surface area contributed by atoms with Crippen LogP contribution in [0.1, 0.15) is 37.9 Å². The van der Waals surface area contributed by atoms with Crippen molar-refractivity contribution in [1.29, 1.82) is 0 Å². The van der Waals surface area contributed by atoms with E-state index in [9.17, 15) is 9.59 Å². The Hall–Kier alpha value is -3.51. The number of ether oxygens (including phenoxy) is 1. The zero-order valence-electron chi connectivity index (χ0n) is 16.2. The number of rotatable bonds is 3. The highest BCUT2D eigenvalue weighted by Gasteiger charge is 2.29. The van der Waals surface area contributed by atoms with Gasteiger partial charge in [0.05, 0.1) is 15.8 Å². The molecule has 5 nitrogen and oxygen atoms in total. The summed E-state index contributed by atoms with van der Waals surface area (Å²) >= 11 is 1.48. The number of esters is 1. The molecule has 148 valence electrons. The first kappa shape index (κ1) is 18.5. The Morgan fingerprint density at radius 3 is 2.63 bits per heavy atom. The minimum atomic E-state index is -0.358. The second kappa shape index (κ2) is 7.39. The van der Waals surface area contributed by atoms with Crippen molar-refractivity contribution in [2.24, 2.45) is 0 Å². The molecule has 1 aliphatic heterocycles.